The van der Waals surface area contributed by atoms with Crippen LogP contribution in [0.25, 0.3) is 11.2 Å². The number of aromatic amines is 1. The second-order valence-electron chi connectivity index (χ2n) is 3.97. The average Bonchev–Trinajstić information content (AvgIpc) is 3.01. The number of H-pyrrole nitrogens is 1. The molecule has 2 aromatic heterocycles. The van der Waals surface area contributed by atoms with Gasteiger partial charge in [-0.2, -0.15) is 0 Å². The molecule has 2 aromatic rings. The van der Waals surface area contributed by atoms with Crippen LogP contribution in [0.3, 0.4) is 0 Å². The third kappa shape index (κ3) is 3.03. The minimum Gasteiger partial charge on any atom is -0.829 e. The molecular weight excluding hydrogens is 292 g/mol. The lowest BCUT2D eigenvalue weighted by molar-refractivity contribution is -0.498. The van der Waals surface area contributed by atoms with Gasteiger partial charge in [0.15, 0.2) is 10.8 Å². The third-order valence-electron chi connectivity index (χ3n) is 2.68. The van der Waals surface area contributed by atoms with E-state index in [0.29, 0.717) is 16.3 Å². The van der Waals surface area contributed by atoms with E-state index in [9.17, 15) is 5.11 Å². The predicted molar refractivity (Wildman–Crippen MR) is 64.5 cm³/mol. The number of hydrogen-bond donors (Lipinski definition) is 4. The Morgan fingerprint density at radius 1 is 1.30 bits per heavy atom. The number of ether oxygens (including phenoxy) is 1. The number of halogens is 1. The number of hydrogen-bond acceptors (Lipinski definition) is 8. The first-order valence-corrected chi connectivity index (χ1v) is 6.00. The van der Waals surface area contributed by atoms with E-state index in [1.807, 2.05) is 0 Å². The molecule has 1 saturated heterocycles. The normalized spacial score (nSPS) is 29.2. The Morgan fingerprint density at radius 3 is 2.55 bits per heavy atom. The molecule has 0 radical (unpaired) electrons. The summed E-state index contributed by atoms with van der Waals surface area (Å²) < 4.78 is 4.43. The molecule has 10 heteroatoms. The highest BCUT2D eigenvalue weighted by atomic mass is 35.5. The molecular formula is C10H12ClN4O5-. The van der Waals surface area contributed by atoms with Crippen molar-refractivity contribution in [2.45, 2.75) is 24.6 Å². The van der Waals surface area contributed by atoms with Crippen LogP contribution in [0, 0.1) is 0 Å². The number of rotatable bonds is 1. The monoisotopic (exact) mass is 303 g/mol. The molecule has 4 atom stereocenters. The lowest BCUT2D eigenvalue weighted by Gasteiger charge is -2.18. The lowest BCUT2D eigenvalue weighted by Crippen LogP contribution is -2.39. The average molecular weight is 304 g/mol. The van der Waals surface area contributed by atoms with Gasteiger partial charge in [-0.05, 0) is 0 Å². The van der Waals surface area contributed by atoms with Gasteiger partial charge in [0.25, 0.3) is 0 Å². The van der Waals surface area contributed by atoms with Crippen LogP contribution in [0.4, 0.5) is 0 Å². The Hall–Kier alpha value is -1.36. The van der Waals surface area contributed by atoms with Gasteiger partial charge in [0, 0.05) is 6.29 Å². The summed E-state index contributed by atoms with van der Waals surface area (Å²) in [6.07, 6.45) is -2.33. The second kappa shape index (κ2) is 6.39. The third-order valence-corrected chi connectivity index (χ3v) is 2.96. The smallest absolute Gasteiger partial charge is 0.182 e. The molecule has 0 aromatic carbocycles. The van der Waals surface area contributed by atoms with Crippen LogP contribution in [0.15, 0.2) is 12.7 Å². The quantitative estimate of drug-likeness (QED) is 0.434. The van der Waals surface area contributed by atoms with Crippen molar-refractivity contribution in [1.82, 2.24) is 19.9 Å². The molecule has 0 bridgehead atoms. The molecule has 3 rings (SSSR count). The molecule has 1 fully saturated rings. The van der Waals surface area contributed by atoms with Crippen LogP contribution >= 0.6 is 11.6 Å². The van der Waals surface area contributed by atoms with Gasteiger partial charge in [0.2, 0.25) is 0 Å². The molecule has 0 spiro atoms. The van der Waals surface area contributed by atoms with Gasteiger partial charge in [-0.25, -0.2) is 15.0 Å². The van der Waals surface area contributed by atoms with Crippen LogP contribution in [0.1, 0.15) is 0 Å². The Labute approximate surface area is 117 Å². The van der Waals surface area contributed by atoms with Gasteiger partial charge in [0.1, 0.15) is 24.1 Å². The zero-order valence-corrected chi connectivity index (χ0v) is 10.8. The number of aliphatic hydroxyl groups excluding tert-OH is 3. The minimum absolute atomic E-state index is 0.405. The largest absolute Gasteiger partial charge is 0.829 e. The number of imidazole rings is 1. The fourth-order valence-corrected chi connectivity index (χ4v) is 1.78. The molecule has 3 heterocycles. The first-order valence-electron chi connectivity index (χ1n) is 5.62. The Balaban J connectivity index is 0.000000147. The molecule has 0 saturated carbocycles. The summed E-state index contributed by atoms with van der Waals surface area (Å²) in [5.41, 5.74) is 1.28. The van der Waals surface area contributed by atoms with Crippen molar-refractivity contribution in [3.63, 3.8) is 0 Å². The van der Waals surface area contributed by atoms with Crippen LogP contribution < -0.4 is 5.11 Å². The summed E-state index contributed by atoms with van der Waals surface area (Å²) in [4.78, 5) is 14.3. The fourth-order valence-electron chi connectivity index (χ4n) is 1.60. The van der Waals surface area contributed by atoms with E-state index in [4.69, 9.17) is 26.9 Å². The molecule has 1 aliphatic rings. The van der Waals surface area contributed by atoms with E-state index in [2.05, 4.69) is 24.7 Å². The SMILES string of the molecule is Clc1ncnc2nc[nH]c12.[O-]C1O[C@H](CO)[C@@H](O)[C@H]1O. The summed E-state index contributed by atoms with van der Waals surface area (Å²) in [7, 11) is 0. The summed E-state index contributed by atoms with van der Waals surface area (Å²) >= 11 is 5.68. The van der Waals surface area contributed by atoms with Gasteiger partial charge in [0.05, 0.1) is 19.0 Å². The van der Waals surface area contributed by atoms with E-state index in [1.165, 1.54) is 12.7 Å². The number of aliphatic hydroxyl groups is 3. The Bertz CT molecular complexity index is 567. The second-order valence-corrected chi connectivity index (χ2v) is 4.33. The molecule has 110 valence electrons. The topological polar surface area (TPSA) is 147 Å². The maximum absolute atomic E-state index is 10.5. The predicted octanol–water partition coefficient (Wildman–Crippen LogP) is -2.21. The molecule has 0 aliphatic carbocycles. The van der Waals surface area contributed by atoms with Gasteiger partial charge in [-0.1, -0.05) is 11.6 Å². The molecule has 9 nitrogen and oxygen atoms in total. The van der Waals surface area contributed by atoms with Crippen molar-refractivity contribution < 1.29 is 25.2 Å². The van der Waals surface area contributed by atoms with Crippen molar-refractivity contribution in [3.05, 3.63) is 17.8 Å². The van der Waals surface area contributed by atoms with Crippen molar-refractivity contribution in [3.8, 4) is 0 Å². The standard InChI is InChI=1S/C5H3ClN4.C5H9O5/c6-4-3-5(9-1-7-3)10-2-8-4;6-1-2-3(7)4(8)5(9)10-2/h1-2H,(H,7,8,9,10);2-8H,1H2/q;-1/t;2-,3-,4-,5?/m.1/s1. The number of nitrogens with one attached hydrogen (secondary N) is 1. The van der Waals surface area contributed by atoms with E-state index in [1.54, 1.807) is 0 Å². The lowest BCUT2D eigenvalue weighted by atomic mass is 10.1. The molecule has 1 aliphatic heterocycles. The van der Waals surface area contributed by atoms with Crippen molar-refractivity contribution in [2.24, 2.45) is 0 Å². The summed E-state index contributed by atoms with van der Waals surface area (Å²) in [5, 5.41) is 37.0. The van der Waals surface area contributed by atoms with Gasteiger partial charge < -0.3 is 30.1 Å². The maximum atomic E-state index is 10.5. The number of aromatic nitrogens is 4. The highest BCUT2D eigenvalue weighted by Gasteiger charge is 2.36. The van der Waals surface area contributed by atoms with Crippen molar-refractivity contribution in [1.29, 1.82) is 0 Å². The Morgan fingerprint density at radius 2 is 2.05 bits per heavy atom. The molecule has 1 unspecified atom stereocenters. The van der Waals surface area contributed by atoms with Crippen molar-refractivity contribution >= 4 is 22.8 Å². The zero-order chi connectivity index (χ0) is 14.7. The van der Waals surface area contributed by atoms with Gasteiger partial charge in [-0.3, -0.25) is 0 Å². The fraction of sp³-hybridized carbons (Fsp3) is 0.500. The van der Waals surface area contributed by atoms with Crippen molar-refractivity contribution in [2.75, 3.05) is 6.61 Å². The maximum Gasteiger partial charge on any atom is 0.182 e. The molecule has 4 N–H and O–H groups in total. The van der Waals surface area contributed by atoms with Gasteiger partial charge >= 0.3 is 0 Å². The first kappa shape index (κ1) is 15.0. The summed E-state index contributed by atoms with van der Waals surface area (Å²) in [6, 6.07) is 0. The summed E-state index contributed by atoms with van der Waals surface area (Å²) in [6.45, 7) is -0.447. The number of nitrogens with zero attached hydrogens (tertiary/aromatic N) is 3. The first-order chi connectivity index (χ1) is 9.54. The van der Waals surface area contributed by atoms with Crippen LogP contribution in [0.5, 0.6) is 0 Å². The molecule has 0 amide bonds. The number of fused-ring (bicyclic) bond motifs is 1. The summed E-state index contributed by atoms with van der Waals surface area (Å²) in [5.74, 6) is 0. The minimum atomic E-state index is -1.63. The van der Waals surface area contributed by atoms with Crippen LogP contribution in [-0.4, -0.2) is 66.5 Å². The highest BCUT2D eigenvalue weighted by Crippen LogP contribution is 2.16. The van der Waals surface area contributed by atoms with E-state index >= 15 is 0 Å². The highest BCUT2D eigenvalue weighted by molar-refractivity contribution is 6.33. The zero-order valence-electron chi connectivity index (χ0n) is 10.0. The van der Waals surface area contributed by atoms with Crippen LogP contribution in [-0.2, 0) is 4.74 Å². The Kier molecular flexibility index (Phi) is 4.81. The van der Waals surface area contributed by atoms with E-state index in [0.717, 1.165) is 0 Å². The van der Waals surface area contributed by atoms with Crippen LogP contribution in [0.2, 0.25) is 5.15 Å². The van der Waals surface area contributed by atoms with E-state index < -0.39 is 31.2 Å². The van der Waals surface area contributed by atoms with Gasteiger partial charge in [-0.15, -0.1) is 0 Å². The van der Waals surface area contributed by atoms with E-state index in [-0.39, 0.29) is 0 Å². The molecule has 20 heavy (non-hydrogen) atoms.